The molecule has 4 atom stereocenters. The smallest absolute Gasteiger partial charge is 0.166 e. The maximum atomic E-state index is 12.1. The van der Waals surface area contributed by atoms with Crippen molar-refractivity contribution in [3.63, 3.8) is 0 Å². The number of hydrogen-bond donors (Lipinski definition) is 1. The van der Waals surface area contributed by atoms with Gasteiger partial charge in [0.2, 0.25) is 0 Å². The molecule has 4 heteroatoms. The minimum atomic E-state index is -0.659. The Morgan fingerprint density at radius 1 is 1.50 bits per heavy atom. The number of aliphatic hydroxyl groups is 1. The highest BCUT2D eigenvalue weighted by Crippen LogP contribution is 2.38. The minimum Gasteiger partial charge on any atom is -0.392 e. The zero-order chi connectivity index (χ0) is 14.8. The van der Waals surface area contributed by atoms with E-state index in [1.165, 1.54) is 0 Å². The quantitative estimate of drug-likeness (QED) is 0.786. The second-order valence-corrected chi connectivity index (χ2v) is 6.42. The molecule has 0 radical (unpaired) electrons. The van der Waals surface area contributed by atoms with Crippen LogP contribution in [0.2, 0.25) is 0 Å². The van der Waals surface area contributed by atoms with Gasteiger partial charge in [-0.2, -0.15) is 0 Å². The van der Waals surface area contributed by atoms with Crippen molar-refractivity contribution in [2.75, 3.05) is 13.2 Å². The van der Waals surface area contributed by atoms with Crippen molar-refractivity contribution in [2.45, 2.75) is 51.9 Å². The Morgan fingerprint density at radius 2 is 2.15 bits per heavy atom. The molecule has 1 saturated carbocycles. The molecule has 2 fully saturated rings. The number of ether oxygens (including phenoxy) is 2. The van der Waals surface area contributed by atoms with Gasteiger partial charge in [-0.3, -0.25) is 4.79 Å². The van der Waals surface area contributed by atoms with Gasteiger partial charge in [-0.25, -0.2) is 0 Å². The van der Waals surface area contributed by atoms with Crippen LogP contribution >= 0.6 is 0 Å². The van der Waals surface area contributed by atoms with Crippen LogP contribution < -0.4 is 0 Å². The lowest BCUT2D eigenvalue weighted by atomic mass is 9.71. The van der Waals surface area contributed by atoms with Crippen molar-refractivity contribution in [1.82, 2.24) is 0 Å². The molecule has 1 aliphatic heterocycles. The van der Waals surface area contributed by atoms with Gasteiger partial charge in [0.25, 0.3) is 0 Å². The van der Waals surface area contributed by atoms with Crippen molar-refractivity contribution in [3.8, 4) is 0 Å². The summed E-state index contributed by atoms with van der Waals surface area (Å²) in [5.41, 5.74) is -0.465. The molecule has 0 amide bonds. The summed E-state index contributed by atoms with van der Waals surface area (Å²) in [6.07, 6.45) is 3.74. The first-order valence-corrected chi connectivity index (χ1v) is 7.55. The molecular formula is C16H26O4. The molecule has 20 heavy (non-hydrogen) atoms. The summed E-state index contributed by atoms with van der Waals surface area (Å²) in [5.74, 6) is 0.172. The molecule has 2 aliphatic rings. The van der Waals surface area contributed by atoms with Crippen LogP contribution in [0.1, 0.15) is 39.5 Å². The van der Waals surface area contributed by atoms with Crippen LogP contribution in [0.3, 0.4) is 0 Å². The summed E-state index contributed by atoms with van der Waals surface area (Å²) in [7, 11) is 0. The highest BCUT2D eigenvalue weighted by Gasteiger charge is 2.42. The molecular weight excluding hydrogens is 256 g/mol. The van der Waals surface area contributed by atoms with E-state index in [2.05, 4.69) is 13.5 Å². The number of aliphatic hydroxyl groups excluding tert-OH is 1. The van der Waals surface area contributed by atoms with Crippen LogP contribution in [0.25, 0.3) is 0 Å². The highest BCUT2D eigenvalue weighted by molar-refractivity contribution is 5.82. The first-order valence-electron chi connectivity index (χ1n) is 7.55. The fourth-order valence-corrected chi connectivity index (χ4v) is 3.45. The highest BCUT2D eigenvalue weighted by atomic mass is 16.7. The number of carbonyl (C=O) groups is 1. The fraction of sp³-hybridized carbons (Fsp3) is 0.812. The summed E-state index contributed by atoms with van der Waals surface area (Å²) < 4.78 is 11.1. The molecule has 1 N–H and O–H groups in total. The summed E-state index contributed by atoms with van der Waals surface area (Å²) in [5, 5.41) is 10.6. The molecule has 1 aliphatic carbocycles. The second kappa shape index (κ2) is 6.37. The zero-order valence-corrected chi connectivity index (χ0v) is 12.5. The predicted octanol–water partition coefficient (Wildman–Crippen LogP) is 2.31. The maximum Gasteiger partial charge on any atom is 0.166 e. The van der Waals surface area contributed by atoms with Gasteiger partial charge < -0.3 is 14.6 Å². The Kier molecular flexibility index (Phi) is 4.99. The van der Waals surface area contributed by atoms with Crippen LogP contribution in [0, 0.1) is 17.3 Å². The van der Waals surface area contributed by atoms with Crippen LogP contribution in [0.4, 0.5) is 0 Å². The monoisotopic (exact) mass is 282 g/mol. The SMILES string of the molecule is C=C[C@](C)(CC(O)C1C(=O)CCC[C@H]1C)C1OCCO1. The number of hydrogen-bond acceptors (Lipinski definition) is 4. The first-order chi connectivity index (χ1) is 9.48. The van der Waals surface area contributed by atoms with Gasteiger partial charge in [0.15, 0.2) is 6.29 Å². The van der Waals surface area contributed by atoms with E-state index in [1.807, 2.05) is 6.92 Å². The Labute approximate surface area is 121 Å². The summed E-state index contributed by atoms with van der Waals surface area (Å²) in [6, 6.07) is 0. The van der Waals surface area contributed by atoms with Gasteiger partial charge in [-0.15, -0.1) is 6.58 Å². The third kappa shape index (κ3) is 3.13. The molecule has 1 saturated heterocycles. The molecule has 0 aromatic heterocycles. The maximum absolute atomic E-state index is 12.1. The molecule has 0 bridgehead atoms. The predicted molar refractivity (Wildman–Crippen MR) is 76.1 cm³/mol. The van der Waals surface area contributed by atoms with E-state index in [4.69, 9.17) is 9.47 Å². The largest absolute Gasteiger partial charge is 0.392 e. The molecule has 2 unspecified atom stereocenters. The van der Waals surface area contributed by atoms with E-state index in [1.54, 1.807) is 6.08 Å². The van der Waals surface area contributed by atoms with E-state index < -0.39 is 11.5 Å². The van der Waals surface area contributed by atoms with E-state index in [9.17, 15) is 9.90 Å². The topological polar surface area (TPSA) is 55.8 Å². The molecule has 2 rings (SSSR count). The molecule has 1 heterocycles. The van der Waals surface area contributed by atoms with E-state index in [0.717, 1.165) is 12.8 Å². The van der Waals surface area contributed by atoms with Crippen molar-refractivity contribution < 1.29 is 19.4 Å². The van der Waals surface area contributed by atoms with Gasteiger partial charge in [0.05, 0.1) is 19.3 Å². The summed E-state index contributed by atoms with van der Waals surface area (Å²) in [6.45, 7) is 9.03. The van der Waals surface area contributed by atoms with Crippen molar-refractivity contribution in [1.29, 1.82) is 0 Å². The summed E-state index contributed by atoms with van der Waals surface area (Å²) >= 11 is 0. The van der Waals surface area contributed by atoms with E-state index in [-0.39, 0.29) is 23.9 Å². The van der Waals surface area contributed by atoms with Gasteiger partial charge in [-0.05, 0) is 25.2 Å². The zero-order valence-electron chi connectivity index (χ0n) is 12.5. The van der Waals surface area contributed by atoms with Gasteiger partial charge in [0, 0.05) is 17.8 Å². The van der Waals surface area contributed by atoms with Crippen LogP contribution in [0.5, 0.6) is 0 Å². The Balaban J connectivity index is 2.05. The Bertz CT molecular complexity index is 361. The third-order valence-corrected chi connectivity index (χ3v) is 4.76. The van der Waals surface area contributed by atoms with Gasteiger partial charge >= 0.3 is 0 Å². The summed E-state index contributed by atoms with van der Waals surface area (Å²) in [4.78, 5) is 12.1. The average molecular weight is 282 g/mol. The molecule has 0 spiro atoms. The standard InChI is InChI=1S/C16H26O4/c1-4-16(3,15-19-8-9-20-15)10-13(18)14-11(2)6-5-7-12(14)17/h4,11,13-15,18H,1,5-10H2,2-3H3/t11-,13?,14?,16-/m1/s1. The van der Waals surface area contributed by atoms with Crippen LogP contribution in [-0.2, 0) is 14.3 Å². The van der Waals surface area contributed by atoms with Crippen LogP contribution in [0.15, 0.2) is 12.7 Å². The normalized spacial score (nSPS) is 32.9. The lowest BCUT2D eigenvalue weighted by Crippen LogP contribution is -2.42. The Hall–Kier alpha value is -0.710. The van der Waals surface area contributed by atoms with Crippen molar-refractivity contribution >= 4 is 5.78 Å². The van der Waals surface area contributed by atoms with Crippen molar-refractivity contribution in [2.24, 2.45) is 17.3 Å². The number of carbonyl (C=O) groups excluding carboxylic acids is 1. The fourth-order valence-electron chi connectivity index (χ4n) is 3.45. The first kappa shape index (κ1) is 15.7. The number of ketones is 1. The second-order valence-electron chi connectivity index (χ2n) is 6.42. The molecule has 0 aromatic rings. The van der Waals surface area contributed by atoms with Crippen LogP contribution in [-0.4, -0.2) is 36.5 Å². The Morgan fingerprint density at radius 3 is 2.70 bits per heavy atom. The average Bonchev–Trinajstić information content (AvgIpc) is 2.92. The van der Waals surface area contributed by atoms with E-state index >= 15 is 0 Å². The van der Waals surface area contributed by atoms with Crippen molar-refractivity contribution in [3.05, 3.63) is 12.7 Å². The number of rotatable bonds is 5. The third-order valence-electron chi connectivity index (χ3n) is 4.76. The lowest BCUT2D eigenvalue weighted by molar-refractivity contribution is -0.140. The molecule has 4 nitrogen and oxygen atoms in total. The molecule has 114 valence electrons. The van der Waals surface area contributed by atoms with Gasteiger partial charge in [-0.1, -0.05) is 19.9 Å². The van der Waals surface area contributed by atoms with Gasteiger partial charge in [0.1, 0.15) is 5.78 Å². The lowest BCUT2D eigenvalue weighted by Gasteiger charge is -2.37. The molecule has 0 aromatic carbocycles. The van der Waals surface area contributed by atoms with E-state index in [0.29, 0.717) is 26.1 Å². The minimum absolute atomic E-state index is 0.191. The number of Topliss-reactive ketones (excluding diaryl/α,β-unsaturated/α-hetero) is 1.